The molecule has 0 amide bonds. The quantitative estimate of drug-likeness (QED) is 0.459. The zero-order valence-corrected chi connectivity index (χ0v) is 11.6. The molecule has 0 fully saturated rings. The van der Waals surface area contributed by atoms with Gasteiger partial charge in [0.1, 0.15) is 19.2 Å². The minimum atomic E-state index is -0.588. The van der Waals surface area contributed by atoms with E-state index >= 15 is 0 Å². The molecule has 0 aliphatic carbocycles. The van der Waals surface area contributed by atoms with Gasteiger partial charge in [0.25, 0.3) is 0 Å². The lowest BCUT2D eigenvalue weighted by Gasteiger charge is -2.10. The number of hydrogen-bond acceptors (Lipinski definition) is 6. The highest BCUT2D eigenvalue weighted by Crippen LogP contribution is 2.28. The third-order valence-electron chi connectivity index (χ3n) is 2.81. The predicted molar refractivity (Wildman–Crippen MR) is 73.2 cm³/mol. The molecule has 8 heteroatoms. The van der Waals surface area contributed by atoms with Crippen LogP contribution >= 0.6 is 0 Å². The van der Waals surface area contributed by atoms with E-state index in [1.54, 1.807) is 4.68 Å². The van der Waals surface area contributed by atoms with Gasteiger partial charge < -0.3 is 4.74 Å². The van der Waals surface area contributed by atoms with Crippen molar-refractivity contribution in [1.82, 2.24) is 14.8 Å². The average molecular weight is 290 g/mol. The maximum absolute atomic E-state index is 11.0. The van der Waals surface area contributed by atoms with Crippen LogP contribution in [0.1, 0.15) is 36.1 Å². The van der Waals surface area contributed by atoms with E-state index in [0.717, 1.165) is 0 Å². The molecule has 1 aromatic carbocycles. The van der Waals surface area contributed by atoms with Crippen LogP contribution in [0.25, 0.3) is 0 Å². The van der Waals surface area contributed by atoms with Crippen molar-refractivity contribution < 1.29 is 14.5 Å². The Morgan fingerprint density at radius 1 is 1.48 bits per heavy atom. The van der Waals surface area contributed by atoms with Crippen molar-refractivity contribution in [3.8, 4) is 5.75 Å². The fourth-order valence-electron chi connectivity index (χ4n) is 1.82. The van der Waals surface area contributed by atoms with Gasteiger partial charge in [-0.05, 0) is 26.0 Å². The van der Waals surface area contributed by atoms with E-state index in [9.17, 15) is 14.9 Å². The lowest BCUT2D eigenvalue weighted by Crippen LogP contribution is -2.11. The Labute approximate surface area is 120 Å². The standard InChI is InChI=1S/C13H14N4O4/c1-9(2)16-13(14-8-15-16)7-21-12-4-3-10(6-18)5-11(12)17(19)20/h3-6,8-9H,7H2,1-2H3. The Morgan fingerprint density at radius 3 is 2.86 bits per heavy atom. The summed E-state index contributed by atoms with van der Waals surface area (Å²) in [5, 5.41) is 15.1. The van der Waals surface area contributed by atoms with Gasteiger partial charge in [-0.1, -0.05) is 0 Å². The molecule has 0 spiro atoms. The highest BCUT2D eigenvalue weighted by atomic mass is 16.6. The predicted octanol–water partition coefficient (Wildman–Crippen LogP) is 2.16. The van der Waals surface area contributed by atoms with Crippen molar-refractivity contribution in [2.24, 2.45) is 0 Å². The number of hydrogen-bond donors (Lipinski definition) is 0. The fraction of sp³-hybridized carbons (Fsp3) is 0.308. The van der Waals surface area contributed by atoms with E-state index in [0.29, 0.717) is 12.1 Å². The van der Waals surface area contributed by atoms with Gasteiger partial charge >= 0.3 is 5.69 Å². The van der Waals surface area contributed by atoms with Gasteiger partial charge in [-0.15, -0.1) is 0 Å². The van der Waals surface area contributed by atoms with Crippen molar-refractivity contribution in [2.75, 3.05) is 0 Å². The molecule has 1 aromatic heterocycles. The van der Waals surface area contributed by atoms with Gasteiger partial charge in [0.15, 0.2) is 11.6 Å². The SMILES string of the molecule is CC(C)n1ncnc1COc1ccc(C=O)cc1[N+](=O)[O-]. The molecule has 0 saturated heterocycles. The van der Waals surface area contributed by atoms with Gasteiger partial charge in [0.05, 0.1) is 4.92 Å². The molecule has 1 heterocycles. The summed E-state index contributed by atoms with van der Waals surface area (Å²) in [5.74, 6) is 0.655. The van der Waals surface area contributed by atoms with Crippen LogP contribution in [0.2, 0.25) is 0 Å². The van der Waals surface area contributed by atoms with Crippen LogP contribution in [0.15, 0.2) is 24.5 Å². The lowest BCUT2D eigenvalue weighted by atomic mass is 10.2. The number of nitro benzene ring substituents is 1. The molecule has 0 bridgehead atoms. The smallest absolute Gasteiger partial charge is 0.311 e. The minimum absolute atomic E-state index is 0.0550. The van der Waals surface area contributed by atoms with Crippen LogP contribution in [0.3, 0.4) is 0 Å². The number of benzene rings is 1. The first-order valence-corrected chi connectivity index (χ1v) is 6.27. The number of nitrogens with zero attached hydrogens (tertiary/aromatic N) is 4. The number of rotatable bonds is 6. The summed E-state index contributed by atoms with van der Waals surface area (Å²) in [4.78, 5) is 25.1. The molecule has 0 saturated carbocycles. The molecule has 8 nitrogen and oxygen atoms in total. The highest BCUT2D eigenvalue weighted by molar-refractivity contribution is 5.77. The van der Waals surface area contributed by atoms with E-state index in [2.05, 4.69) is 10.1 Å². The third kappa shape index (κ3) is 3.22. The van der Waals surface area contributed by atoms with E-state index in [1.807, 2.05) is 13.8 Å². The molecule has 2 aromatic rings. The van der Waals surface area contributed by atoms with Crippen LogP contribution in [0.4, 0.5) is 5.69 Å². The molecule has 0 N–H and O–H groups in total. The van der Waals surface area contributed by atoms with Gasteiger partial charge in [-0.25, -0.2) is 9.67 Å². The van der Waals surface area contributed by atoms with Crippen molar-refractivity contribution in [2.45, 2.75) is 26.5 Å². The largest absolute Gasteiger partial charge is 0.479 e. The molecule has 0 aliphatic heterocycles. The second-order valence-electron chi connectivity index (χ2n) is 4.61. The Bertz CT molecular complexity index is 666. The number of aromatic nitrogens is 3. The second kappa shape index (κ2) is 6.12. The minimum Gasteiger partial charge on any atom is -0.479 e. The zero-order chi connectivity index (χ0) is 15.4. The average Bonchev–Trinajstić information content (AvgIpc) is 2.93. The monoisotopic (exact) mass is 290 g/mol. The summed E-state index contributed by atoms with van der Waals surface area (Å²) >= 11 is 0. The van der Waals surface area contributed by atoms with Crippen molar-refractivity contribution >= 4 is 12.0 Å². The number of aldehydes is 1. The Kier molecular flexibility index (Phi) is 4.27. The van der Waals surface area contributed by atoms with Crippen LogP contribution in [-0.4, -0.2) is 26.0 Å². The number of nitro groups is 1. The lowest BCUT2D eigenvalue weighted by molar-refractivity contribution is -0.386. The molecule has 0 atom stereocenters. The summed E-state index contributed by atoms with van der Waals surface area (Å²) in [5.41, 5.74) is -0.0328. The normalized spacial score (nSPS) is 10.6. The first-order chi connectivity index (χ1) is 10.0. The highest BCUT2D eigenvalue weighted by Gasteiger charge is 2.17. The summed E-state index contributed by atoms with van der Waals surface area (Å²) < 4.78 is 7.12. The third-order valence-corrected chi connectivity index (χ3v) is 2.81. The molecule has 21 heavy (non-hydrogen) atoms. The molecule has 0 aliphatic rings. The number of ether oxygens (including phenoxy) is 1. The van der Waals surface area contributed by atoms with Crippen LogP contribution in [-0.2, 0) is 6.61 Å². The Balaban J connectivity index is 2.21. The molecular weight excluding hydrogens is 276 g/mol. The summed E-state index contributed by atoms with van der Waals surface area (Å²) in [7, 11) is 0. The molecule has 2 rings (SSSR count). The summed E-state index contributed by atoms with van der Waals surface area (Å²) in [6.45, 7) is 3.94. The second-order valence-corrected chi connectivity index (χ2v) is 4.61. The van der Waals surface area contributed by atoms with E-state index < -0.39 is 4.92 Å². The van der Waals surface area contributed by atoms with Crippen molar-refractivity contribution in [1.29, 1.82) is 0 Å². The Morgan fingerprint density at radius 2 is 2.24 bits per heavy atom. The van der Waals surface area contributed by atoms with Gasteiger partial charge in [0.2, 0.25) is 0 Å². The van der Waals surface area contributed by atoms with Crippen LogP contribution in [0, 0.1) is 10.1 Å². The topological polar surface area (TPSA) is 100 Å². The first-order valence-electron chi connectivity index (χ1n) is 6.27. The molecular formula is C13H14N4O4. The van der Waals surface area contributed by atoms with Crippen LogP contribution < -0.4 is 4.74 Å². The maximum Gasteiger partial charge on any atom is 0.311 e. The summed E-state index contributed by atoms with van der Waals surface area (Å²) in [6.07, 6.45) is 1.95. The zero-order valence-electron chi connectivity index (χ0n) is 11.6. The van der Waals surface area contributed by atoms with E-state index in [1.165, 1.54) is 24.5 Å². The number of carbonyl (C=O) groups excluding carboxylic acids is 1. The van der Waals surface area contributed by atoms with E-state index in [4.69, 9.17) is 4.74 Å². The number of carbonyl (C=O) groups is 1. The van der Waals surface area contributed by atoms with Gasteiger partial charge in [-0.2, -0.15) is 5.10 Å². The first kappa shape index (κ1) is 14.6. The maximum atomic E-state index is 11.0. The molecule has 110 valence electrons. The van der Waals surface area contributed by atoms with E-state index in [-0.39, 0.29) is 29.6 Å². The molecule has 0 radical (unpaired) electrons. The van der Waals surface area contributed by atoms with Gasteiger partial charge in [-0.3, -0.25) is 14.9 Å². The van der Waals surface area contributed by atoms with Crippen LogP contribution in [0.5, 0.6) is 5.75 Å². The molecule has 0 unspecified atom stereocenters. The Hall–Kier alpha value is -2.77. The van der Waals surface area contributed by atoms with Gasteiger partial charge in [0, 0.05) is 17.7 Å². The van der Waals surface area contributed by atoms with Crippen molar-refractivity contribution in [3.05, 3.63) is 46.0 Å². The summed E-state index contributed by atoms with van der Waals surface area (Å²) in [6, 6.07) is 4.15. The fourth-order valence-corrected chi connectivity index (χ4v) is 1.82. The van der Waals surface area contributed by atoms with Crippen molar-refractivity contribution in [3.63, 3.8) is 0 Å².